The lowest BCUT2D eigenvalue weighted by Gasteiger charge is -2.22. The maximum atomic E-state index is 12.8. The number of benzene rings is 1. The Morgan fingerprint density at radius 1 is 1.19 bits per heavy atom. The molecule has 2 rings (SSSR count). The fraction of sp³-hybridized carbons (Fsp3) is 0.647. The van der Waals surface area contributed by atoms with E-state index in [2.05, 4.69) is 4.36 Å². The monoisotopic (exact) mass is 309 g/mol. The van der Waals surface area contributed by atoms with Crippen molar-refractivity contribution < 1.29 is 8.95 Å². The van der Waals surface area contributed by atoms with Gasteiger partial charge in [-0.3, -0.25) is 0 Å². The van der Waals surface area contributed by atoms with E-state index < -0.39 is 9.73 Å². The minimum Gasteiger partial charge on any atom is -0.378 e. The van der Waals surface area contributed by atoms with Crippen LogP contribution < -0.4 is 0 Å². The first-order valence-corrected chi connectivity index (χ1v) is 9.72. The SMILES string of the molecule is CN=S(=O)(CCCCCC1CCCCO1)c1ccccc1. The van der Waals surface area contributed by atoms with Gasteiger partial charge in [0.2, 0.25) is 0 Å². The summed E-state index contributed by atoms with van der Waals surface area (Å²) < 4.78 is 22.8. The highest BCUT2D eigenvalue weighted by Gasteiger charge is 2.14. The van der Waals surface area contributed by atoms with E-state index in [-0.39, 0.29) is 0 Å². The van der Waals surface area contributed by atoms with Crippen LogP contribution in [0.25, 0.3) is 0 Å². The van der Waals surface area contributed by atoms with Crippen molar-refractivity contribution in [1.29, 1.82) is 0 Å². The van der Waals surface area contributed by atoms with Crippen LogP contribution in [0.15, 0.2) is 39.6 Å². The second-order valence-corrected chi connectivity index (χ2v) is 8.20. The Balaban J connectivity index is 1.73. The fourth-order valence-electron chi connectivity index (χ4n) is 2.83. The summed E-state index contributed by atoms with van der Waals surface area (Å²) >= 11 is 0. The van der Waals surface area contributed by atoms with E-state index in [1.54, 1.807) is 7.05 Å². The summed E-state index contributed by atoms with van der Waals surface area (Å²) in [6.45, 7) is 0.932. The quantitative estimate of drug-likeness (QED) is 0.705. The molecule has 21 heavy (non-hydrogen) atoms. The third-order valence-electron chi connectivity index (χ3n) is 4.13. The Morgan fingerprint density at radius 3 is 2.67 bits per heavy atom. The number of ether oxygens (including phenoxy) is 1. The van der Waals surface area contributed by atoms with E-state index in [0.29, 0.717) is 11.9 Å². The van der Waals surface area contributed by atoms with Gasteiger partial charge in [-0.25, -0.2) is 8.57 Å². The van der Waals surface area contributed by atoms with Crippen molar-refractivity contribution in [3.8, 4) is 0 Å². The van der Waals surface area contributed by atoms with E-state index in [1.165, 1.54) is 25.7 Å². The van der Waals surface area contributed by atoms with Crippen molar-refractivity contribution in [1.82, 2.24) is 0 Å². The van der Waals surface area contributed by atoms with Crippen LogP contribution in [0.3, 0.4) is 0 Å². The molecule has 0 N–H and O–H groups in total. The molecule has 4 heteroatoms. The zero-order valence-electron chi connectivity index (χ0n) is 13.0. The maximum Gasteiger partial charge on any atom is 0.0749 e. The van der Waals surface area contributed by atoms with Crippen molar-refractivity contribution in [2.75, 3.05) is 19.4 Å². The van der Waals surface area contributed by atoms with E-state index in [0.717, 1.165) is 30.8 Å². The first-order valence-electron chi connectivity index (χ1n) is 8.04. The molecule has 0 radical (unpaired) electrons. The first kappa shape index (κ1) is 16.5. The van der Waals surface area contributed by atoms with Crippen LogP contribution >= 0.6 is 0 Å². The third-order valence-corrected chi connectivity index (χ3v) is 6.57. The third kappa shape index (κ3) is 5.11. The van der Waals surface area contributed by atoms with Crippen LogP contribution in [-0.4, -0.2) is 29.7 Å². The molecule has 2 atom stereocenters. The lowest BCUT2D eigenvalue weighted by atomic mass is 10.0. The van der Waals surface area contributed by atoms with E-state index in [4.69, 9.17) is 4.74 Å². The summed E-state index contributed by atoms with van der Waals surface area (Å²) in [6.07, 6.45) is 8.60. The van der Waals surface area contributed by atoms with Crippen molar-refractivity contribution in [3.63, 3.8) is 0 Å². The lowest BCUT2D eigenvalue weighted by Crippen LogP contribution is -2.18. The predicted octanol–water partition coefficient (Wildman–Crippen LogP) is 4.27. The molecule has 1 aliphatic rings. The number of nitrogens with zero attached hydrogens (tertiary/aromatic N) is 1. The number of unbranched alkanes of at least 4 members (excludes halogenated alkanes) is 2. The largest absolute Gasteiger partial charge is 0.378 e. The van der Waals surface area contributed by atoms with Gasteiger partial charge in [0.15, 0.2) is 0 Å². The molecule has 1 aromatic rings. The van der Waals surface area contributed by atoms with Gasteiger partial charge in [0, 0.05) is 24.3 Å². The molecule has 118 valence electrons. The Bertz CT molecular complexity index is 515. The van der Waals surface area contributed by atoms with E-state index in [1.807, 2.05) is 30.3 Å². The van der Waals surface area contributed by atoms with Crippen LogP contribution in [0.5, 0.6) is 0 Å². The first-order chi connectivity index (χ1) is 10.2. The molecule has 0 amide bonds. The smallest absolute Gasteiger partial charge is 0.0749 e. The summed E-state index contributed by atoms with van der Waals surface area (Å²) in [5.41, 5.74) is 0. The highest BCUT2D eigenvalue weighted by atomic mass is 32.2. The topological polar surface area (TPSA) is 38.7 Å². The maximum absolute atomic E-state index is 12.8. The molecular formula is C17H27NO2S. The minimum atomic E-state index is -2.22. The zero-order chi connectivity index (χ0) is 15.0. The normalized spacial score (nSPS) is 21.7. The van der Waals surface area contributed by atoms with Crippen LogP contribution in [0.1, 0.15) is 44.9 Å². The summed E-state index contributed by atoms with van der Waals surface area (Å²) in [5.74, 6) is 0.666. The van der Waals surface area contributed by atoms with Gasteiger partial charge >= 0.3 is 0 Å². The molecule has 2 unspecified atom stereocenters. The Kier molecular flexibility index (Phi) is 6.71. The summed E-state index contributed by atoms with van der Waals surface area (Å²) in [4.78, 5) is 0.864. The van der Waals surface area contributed by atoms with Gasteiger partial charge in [0.25, 0.3) is 0 Å². The summed E-state index contributed by atoms with van der Waals surface area (Å²) in [6, 6.07) is 9.65. The Hall–Kier alpha value is -0.870. The molecule has 0 bridgehead atoms. The van der Waals surface area contributed by atoms with E-state index >= 15 is 0 Å². The standard InChI is InChI=1S/C17H27NO2S/c1-18-21(19,17-12-5-2-6-13-17)15-9-3-4-10-16-11-7-8-14-20-16/h2,5-6,12-13,16H,3-4,7-11,14-15H2,1H3. The molecule has 0 saturated carbocycles. The van der Waals surface area contributed by atoms with Gasteiger partial charge in [-0.2, -0.15) is 0 Å². The molecule has 0 aliphatic carbocycles. The fourth-order valence-corrected chi connectivity index (χ4v) is 4.64. The number of hydrogen-bond donors (Lipinski definition) is 0. The van der Waals surface area contributed by atoms with Gasteiger partial charge in [-0.15, -0.1) is 0 Å². The number of rotatable bonds is 7. The highest BCUT2D eigenvalue weighted by molar-refractivity contribution is 7.93. The van der Waals surface area contributed by atoms with Gasteiger partial charge in [0.05, 0.1) is 15.8 Å². The zero-order valence-corrected chi connectivity index (χ0v) is 13.8. The van der Waals surface area contributed by atoms with Gasteiger partial charge in [-0.1, -0.05) is 31.0 Å². The lowest BCUT2D eigenvalue weighted by molar-refractivity contribution is 0.00985. The molecule has 1 aliphatic heterocycles. The molecule has 1 fully saturated rings. The van der Waals surface area contributed by atoms with Crippen LogP contribution in [0.4, 0.5) is 0 Å². The van der Waals surface area contributed by atoms with Crippen LogP contribution in [-0.2, 0) is 14.5 Å². The van der Waals surface area contributed by atoms with Gasteiger partial charge in [0.1, 0.15) is 0 Å². The van der Waals surface area contributed by atoms with Gasteiger partial charge < -0.3 is 4.74 Å². The summed E-state index contributed by atoms with van der Waals surface area (Å²) in [7, 11) is -0.545. The van der Waals surface area contributed by atoms with Crippen molar-refractivity contribution in [2.45, 2.75) is 55.9 Å². The Labute approximate surface area is 129 Å². The van der Waals surface area contributed by atoms with Crippen molar-refractivity contribution in [2.24, 2.45) is 4.36 Å². The summed E-state index contributed by atoms with van der Waals surface area (Å²) in [5, 5.41) is 0. The van der Waals surface area contributed by atoms with Crippen LogP contribution in [0.2, 0.25) is 0 Å². The molecule has 0 spiro atoms. The molecule has 0 aromatic heterocycles. The molecular weight excluding hydrogens is 282 g/mol. The second kappa shape index (κ2) is 8.54. The van der Waals surface area contributed by atoms with Crippen LogP contribution in [0, 0.1) is 0 Å². The van der Waals surface area contributed by atoms with E-state index in [9.17, 15) is 4.21 Å². The van der Waals surface area contributed by atoms with Gasteiger partial charge in [-0.05, 0) is 44.2 Å². The predicted molar refractivity (Wildman–Crippen MR) is 88.1 cm³/mol. The van der Waals surface area contributed by atoms with Crippen molar-refractivity contribution in [3.05, 3.63) is 30.3 Å². The average molecular weight is 309 g/mol. The molecule has 1 aromatic carbocycles. The minimum absolute atomic E-state index is 0.466. The highest BCUT2D eigenvalue weighted by Crippen LogP contribution is 2.19. The Morgan fingerprint density at radius 2 is 2.00 bits per heavy atom. The molecule has 1 heterocycles. The van der Waals surface area contributed by atoms with Crippen molar-refractivity contribution >= 4 is 9.73 Å². The number of hydrogen-bond acceptors (Lipinski definition) is 3. The second-order valence-electron chi connectivity index (χ2n) is 5.68. The molecule has 3 nitrogen and oxygen atoms in total. The average Bonchev–Trinajstić information content (AvgIpc) is 2.56. The molecule has 1 saturated heterocycles.